The molecule has 2 aliphatic heterocycles. The Balaban J connectivity index is 1.68. The SMILES string of the molecule is O=CN(c1cccnc1)C1C=CC=C2C(=O)N(C3CCC(=O)NC3=O)C(=O)C21. The van der Waals surface area contributed by atoms with Crippen molar-refractivity contribution in [2.75, 3.05) is 4.90 Å². The maximum Gasteiger partial charge on any atom is 0.258 e. The average Bonchev–Trinajstić information content (AvgIpc) is 2.95. The van der Waals surface area contributed by atoms with Crippen molar-refractivity contribution < 1.29 is 24.0 Å². The minimum atomic E-state index is -1.03. The van der Waals surface area contributed by atoms with Gasteiger partial charge in [0.15, 0.2) is 0 Å². The Labute approximate surface area is 159 Å². The van der Waals surface area contributed by atoms with E-state index in [9.17, 15) is 24.0 Å². The van der Waals surface area contributed by atoms with Crippen molar-refractivity contribution in [1.82, 2.24) is 15.2 Å². The molecule has 142 valence electrons. The molecule has 0 spiro atoms. The Hall–Kier alpha value is -3.62. The molecule has 1 aromatic heterocycles. The van der Waals surface area contributed by atoms with Crippen molar-refractivity contribution in [3.63, 3.8) is 0 Å². The minimum absolute atomic E-state index is 0.0506. The first kappa shape index (κ1) is 17.8. The van der Waals surface area contributed by atoms with E-state index in [4.69, 9.17) is 0 Å². The molecule has 2 saturated heterocycles. The van der Waals surface area contributed by atoms with Crippen LogP contribution in [0.25, 0.3) is 0 Å². The highest BCUT2D eigenvalue weighted by Gasteiger charge is 2.53. The predicted octanol–water partition coefficient (Wildman–Crippen LogP) is -0.301. The topological polar surface area (TPSA) is 117 Å². The third kappa shape index (κ3) is 2.72. The summed E-state index contributed by atoms with van der Waals surface area (Å²) in [5.74, 6) is -3.15. The second-order valence-electron chi connectivity index (χ2n) is 6.68. The van der Waals surface area contributed by atoms with E-state index in [1.165, 1.54) is 17.2 Å². The van der Waals surface area contributed by atoms with Crippen LogP contribution in [0.15, 0.2) is 48.3 Å². The number of anilines is 1. The van der Waals surface area contributed by atoms with Gasteiger partial charge in [0.2, 0.25) is 24.1 Å². The lowest BCUT2D eigenvalue weighted by molar-refractivity contribution is -0.151. The van der Waals surface area contributed by atoms with Crippen LogP contribution in [0.5, 0.6) is 0 Å². The molecule has 9 heteroatoms. The molecule has 5 amide bonds. The van der Waals surface area contributed by atoms with Gasteiger partial charge in [-0.2, -0.15) is 0 Å². The minimum Gasteiger partial charge on any atom is -0.305 e. The van der Waals surface area contributed by atoms with E-state index < -0.39 is 41.6 Å². The van der Waals surface area contributed by atoms with Crippen LogP contribution in [0.2, 0.25) is 0 Å². The number of pyridine rings is 1. The van der Waals surface area contributed by atoms with Crippen LogP contribution in [-0.4, -0.2) is 52.0 Å². The number of hydrogen-bond acceptors (Lipinski definition) is 6. The number of piperidine rings is 1. The predicted molar refractivity (Wildman–Crippen MR) is 95.3 cm³/mol. The summed E-state index contributed by atoms with van der Waals surface area (Å²) in [6, 6.07) is 1.57. The molecule has 1 N–H and O–H groups in total. The molecule has 0 saturated carbocycles. The molecule has 0 bridgehead atoms. The molecular formula is C19H16N4O5. The number of rotatable bonds is 4. The molecule has 3 atom stereocenters. The molecule has 1 aliphatic carbocycles. The molecule has 9 nitrogen and oxygen atoms in total. The number of likely N-dealkylation sites (tertiary alicyclic amines) is 1. The standard InChI is InChI=1S/C19H16N4O5/c24-10-22(11-3-2-8-20-9-11)13-5-1-4-12-16(13)19(28)23(18(12)27)14-6-7-15(25)21-17(14)26/h1-5,8-10,13-14,16H,6-7H2,(H,21,25,26). The van der Waals surface area contributed by atoms with Gasteiger partial charge in [0.1, 0.15) is 6.04 Å². The smallest absolute Gasteiger partial charge is 0.258 e. The molecule has 3 unspecified atom stereocenters. The van der Waals surface area contributed by atoms with Crippen LogP contribution in [-0.2, 0) is 24.0 Å². The summed E-state index contributed by atoms with van der Waals surface area (Å²) < 4.78 is 0. The molecule has 0 radical (unpaired) electrons. The highest BCUT2D eigenvalue weighted by molar-refractivity contribution is 6.18. The van der Waals surface area contributed by atoms with Crippen LogP contribution < -0.4 is 10.2 Å². The Morgan fingerprint density at radius 2 is 2.07 bits per heavy atom. The van der Waals surface area contributed by atoms with Crippen LogP contribution in [0.4, 0.5) is 5.69 Å². The van der Waals surface area contributed by atoms with E-state index in [1.54, 1.807) is 30.5 Å². The van der Waals surface area contributed by atoms with E-state index in [0.717, 1.165) is 4.90 Å². The zero-order chi connectivity index (χ0) is 19.8. The number of amides is 5. The largest absolute Gasteiger partial charge is 0.305 e. The van der Waals surface area contributed by atoms with Gasteiger partial charge in [0.25, 0.3) is 5.91 Å². The second-order valence-corrected chi connectivity index (χ2v) is 6.68. The number of carbonyl (C=O) groups is 5. The normalized spacial score (nSPS) is 26.6. The Morgan fingerprint density at radius 3 is 2.75 bits per heavy atom. The monoisotopic (exact) mass is 380 g/mol. The van der Waals surface area contributed by atoms with Crippen molar-refractivity contribution in [2.24, 2.45) is 5.92 Å². The van der Waals surface area contributed by atoms with E-state index in [0.29, 0.717) is 12.1 Å². The summed E-state index contributed by atoms with van der Waals surface area (Å²) in [5, 5.41) is 2.17. The van der Waals surface area contributed by atoms with Crippen LogP contribution >= 0.6 is 0 Å². The number of nitrogens with zero attached hydrogens (tertiary/aromatic N) is 3. The Morgan fingerprint density at radius 1 is 1.25 bits per heavy atom. The highest BCUT2D eigenvalue weighted by atomic mass is 16.2. The van der Waals surface area contributed by atoms with Gasteiger partial charge in [-0.1, -0.05) is 18.2 Å². The lowest BCUT2D eigenvalue weighted by Crippen LogP contribution is -2.55. The summed E-state index contributed by atoms with van der Waals surface area (Å²) in [5.41, 5.74) is 0.700. The lowest BCUT2D eigenvalue weighted by Gasteiger charge is -2.32. The van der Waals surface area contributed by atoms with Crippen molar-refractivity contribution in [3.05, 3.63) is 48.3 Å². The number of carbonyl (C=O) groups excluding carboxylic acids is 5. The van der Waals surface area contributed by atoms with Crippen molar-refractivity contribution in [1.29, 1.82) is 0 Å². The highest BCUT2D eigenvalue weighted by Crippen LogP contribution is 2.37. The summed E-state index contributed by atoms with van der Waals surface area (Å²) in [6.45, 7) is 0. The summed E-state index contributed by atoms with van der Waals surface area (Å²) in [7, 11) is 0. The molecule has 0 aromatic carbocycles. The van der Waals surface area contributed by atoms with Crippen molar-refractivity contribution >= 4 is 35.7 Å². The van der Waals surface area contributed by atoms with Gasteiger partial charge in [0.05, 0.1) is 23.8 Å². The van der Waals surface area contributed by atoms with Crippen molar-refractivity contribution in [2.45, 2.75) is 24.9 Å². The van der Waals surface area contributed by atoms with Gasteiger partial charge in [0, 0.05) is 18.2 Å². The maximum atomic E-state index is 13.1. The van der Waals surface area contributed by atoms with E-state index >= 15 is 0 Å². The van der Waals surface area contributed by atoms with Gasteiger partial charge < -0.3 is 4.90 Å². The van der Waals surface area contributed by atoms with Crippen LogP contribution in [0, 0.1) is 5.92 Å². The number of aromatic nitrogens is 1. The second kappa shape index (κ2) is 6.84. The van der Waals surface area contributed by atoms with E-state index in [-0.39, 0.29) is 18.4 Å². The Bertz CT molecular complexity index is 939. The zero-order valence-corrected chi connectivity index (χ0v) is 14.6. The maximum absolute atomic E-state index is 13.1. The first-order valence-corrected chi connectivity index (χ1v) is 8.76. The van der Waals surface area contributed by atoms with Gasteiger partial charge in [-0.25, -0.2) is 0 Å². The molecule has 2 fully saturated rings. The number of fused-ring (bicyclic) bond motifs is 1. The summed E-state index contributed by atoms with van der Waals surface area (Å²) >= 11 is 0. The molecule has 4 rings (SSSR count). The average molecular weight is 380 g/mol. The molecule has 28 heavy (non-hydrogen) atoms. The molecule has 3 heterocycles. The van der Waals surface area contributed by atoms with Crippen LogP contribution in [0.1, 0.15) is 12.8 Å². The van der Waals surface area contributed by atoms with Gasteiger partial charge in [-0.3, -0.25) is 39.2 Å². The summed E-state index contributed by atoms with van der Waals surface area (Å²) in [4.78, 5) is 67.6. The van der Waals surface area contributed by atoms with E-state index in [2.05, 4.69) is 10.3 Å². The number of imide groups is 2. The third-order valence-corrected chi connectivity index (χ3v) is 5.13. The third-order valence-electron chi connectivity index (χ3n) is 5.13. The van der Waals surface area contributed by atoms with E-state index in [1.807, 2.05) is 0 Å². The van der Waals surface area contributed by atoms with Crippen molar-refractivity contribution in [3.8, 4) is 0 Å². The first-order valence-electron chi connectivity index (χ1n) is 8.76. The van der Waals surface area contributed by atoms with Gasteiger partial charge in [-0.05, 0) is 18.6 Å². The quantitative estimate of drug-likeness (QED) is 0.566. The fourth-order valence-electron chi connectivity index (χ4n) is 3.83. The first-order chi connectivity index (χ1) is 13.5. The number of hydrogen-bond donors (Lipinski definition) is 1. The molecule has 1 aromatic rings. The fraction of sp³-hybridized carbons (Fsp3) is 0.263. The number of allylic oxidation sites excluding steroid dienone is 2. The van der Waals surface area contributed by atoms with Gasteiger partial charge in [-0.15, -0.1) is 0 Å². The zero-order valence-electron chi connectivity index (χ0n) is 14.6. The lowest BCUT2D eigenvalue weighted by atomic mass is 9.88. The fourth-order valence-corrected chi connectivity index (χ4v) is 3.83. The molecular weight excluding hydrogens is 364 g/mol. The van der Waals surface area contributed by atoms with Gasteiger partial charge >= 0.3 is 0 Å². The Kier molecular flexibility index (Phi) is 4.34. The summed E-state index contributed by atoms with van der Waals surface area (Å²) in [6.07, 6.45) is 8.57. The number of nitrogens with one attached hydrogen (secondary N) is 1. The molecule has 3 aliphatic rings. The van der Waals surface area contributed by atoms with Crippen LogP contribution in [0.3, 0.4) is 0 Å².